The Balaban J connectivity index is 1.79. The summed E-state index contributed by atoms with van der Waals surface area (Å²) >= 11 is 0. The van der Waals surface area contributed by atoms with Crippen LogP contribution in [0.4, 0.5) is 11.4 Å². The molecular weight excluding hydrogens is 242 g/mol. The molecule has 0 atom stereocenters. The fraction of sp³-hybridized carbons (Fsp3) is 0.500. The van der Waals surface area contributed by atoms with Crippen molar-refractivity contribution < 1.29 is 9.53 Å². The number of carbonyl (C=O) groups excluding carboxylic acids is 1. The molecule has 0 radical (unpaired) electrons. The van der Waals surface area contributed by atoms with Crippen LogP contribution in [-0.4, -0.2) is 38.3 Å². The van der Waals surface area contributed by atoms with Crippen molar-refractivity contribution >= 4 is 17.3 Å². The Hall–Kier alpha value is -1.75. The second kappa shape index (κ2) is 5.09. The number of nitrogen functional groups attached to an aromatic ring is 1. The molecule has 0 aromatic heterocycles. The van der Waals surface area contributed by atoms with E-state index < -0.39 is 0 Å². The molecule has 0 bridgehead atoms. The fourth-order valence-electron chi connectivity index (χ4n) is 2.25. The lowest BCUT2D eigenvalue weighted by Gasteiger charge is -2.29. The number of rotatable bonds is 3. The minimum atomic E-state index is -0.0601. The van der Waals surface area contributed by atoms with Gasteiger partial charge in [-0.3, -0.25) is 4.79 Å². The first-order valence-electron chi connectivity index (χ1n) is 6.77. The molecule has 1 saturated carbocycles. The molecular formula is C14H19N3O2. The molecule has 2 aliphatic rings. The van der Waals surface area contributed by atoms with Crippen molar-refractivity contribution in [1.29, 1.82) is 0 Å². The Morgan fingerprint density at radius 2 is 2.05 bits per heavy atom. The van der Waals surface area contributed by atoms with E-state index in [2.05, 4.69) is 10.2 Å². The Morgan fingerprint density at radius 3 is 2.74 bits per heavy atom. The molecule has 3 N–H and O–H groups in total. The van der Waals surface area contributed by atoms with Gasteiger partial charge in [0.2, 0.25) is 0 Å². The van der Waals surface area contributed by atoms with E-state index >= 15 is 0 Å². The van der Waals surface area contributed by atoms with Crippen LogP contribution in [0.5, 0.6) is 0 Å². The lowest BCUT2D eigenvalue weighted by Crippen LogP contribution is -2.36. The molecule has 5 nitrogen and oxygen atoms in total. The first-order chi connectivity index (χ1) is 9.24. The third-order valence-corrected chi connectivity index (χ3v) is 3.57. The highest BCUT2D eigenvalue weighted by Crippen LogP contribution is 2.24. The van der Waals surface area contributed by atoms with Crippen LogP contribution < -0.4 is 16.0 Å². The van der Waals surface area contributed by atoms with Crippen LogP contribution in [-0.2, 0) is 4.74 Å². The van der Waals surface area contributed by atoms with E-state index in [0.29, 0.717) is 17.3 Å². The summed E-state index contributed by atoms with van der Waals surface area (Å²) in [5.41, 5.74) is 8.07. The quantitative estimate of drug-likeness (QED) is 0.796. The monoisotopic (exact) mass is 261 g/mol. The van der Waals surface area contributed by atoms with Crippen LogP contribution >= 0.6 is 0 Å². The van der Waals surface area contributed by atoms with Gasteiger partial charge in [-0.25, -0.2) is 0 Å². The van der Waals surface area contributed by atoms with Gasteiger partial charge in [-0.2, -0.15) is 0 Å². The van der Waals surface area contributed by atoms with Gasteiger partial charge in [0.15, 0.2) is 0 Å². The molecule has 1 saturated heterocycles. The topological polar surface area (TPSA) is 67.6 Å². The SMILES string of the molecule is Nc1ccc(N2CCOCC2)cc1C(=O)NC1CC1. The van der Waals surface area contributed by atoms with E-state index in [9.17, 15) is 4.79 Å². The Kier molecular flexibility index (Phi) is 3.29. The van der Waals surface area contributed by atoms with E-state index in [1.807, 2.05) is 18.2 Å². The number of morpholine rings is 1. The van der Waals surface area contributed by atoms with E-state index in [1.54, 1.807) is 0 Å². The highest BCUT2D eigenvalue weighted by atomic mass is 16.5. The van der Waals surface area contributed by atoms with Gasteiger partial charge in [-0.15, -0.1) is 0 Å². The third kappa shape index (κ3) is 2.81. The summed E-state index contributed by atoms with van der Waals surface area (Å²) in [6.45, 7) is 3.17. The van der Waals surface area contributed by atoms with Crippen molar-refractivity contribution in [3.05, 3.63) is 23.8 Å². The highest BCUT2D eigenvalue weighted by Gasteiger charge is 2.25. The van der Waals surface area contributed by atoms with Gasteiger partial charge >= 0.3 is 0 Å². The molecule has 3 rings (SSSR count). The summed E-state index contributed by atoms with van der Waals surface area (Å²) in [4.78, 5) is 14.3. The Morgan fingerprint density at radius 1 is 1.32 bits per heavy atom. The van der Waals surface area contributed by atoms with Crippen molar-refractivity contribution in [2.45, 2.75) is 18.9 Å². The predicted octanol–water partition coefficient (Wildman–Crippen LogP) is 0.998. The lowest BCUT2D eigenvalue weighted by molar-refractivity contribution is 0.0952. The van der Waals surface area contributed by atoms with Gasteiger partial charge in [-0.05, 0) is 31.0 Å². The largest absolute Gasteiger partial charge is 0.398 e. The van der Waals surface area contributed by atoms with Gasteiger partial charge in [0.1, 0.15) is 0 Å². The normalized spacial score (nSPS) is 19.3. The maximum atomic E-state index is 12.1. The zero-order valence-electron chi connectivity index (χ0n) is 10.9. The zero-order valence-corrected chi connectivity index (χ0v) is 10.9. The number of benzene rings is 1. The molecule has 1 aliphatic carbocycles. The van der Waals surface area contributed by atoms with Crippen LogP contribution in [0.3, 0.4) is 0 Å². The van der Waals surface area contributed by atoms with Crippen molar-refractivity contribution in [1.82, 2.24) is 5.32 Å². The number of nitrogens with zero attached hydrogens (tertiary/aromatic N) is 1. The molecule has 0 unspecified atom stereocenters. The number of nitrogens with one attached hydrogen (secondary N) is 1. The standard InChI is InChI=1S/C14H19N3O2/c15-13-4-3-11(17-5-7-19-8-6-17)9-12(13)14(18)16-10-1-2-10/h3-4,9-10H,1-2,5-8,15H2,(H,16,18). The second-order valence-electron chi connectivity index (χ2n) is 5.12. The number of amides is 1. The minimum absolute atomic E-state index is 0.0601. The number of carbonyl (C=O) groups is 1. The Labute approximate surface area is 112 Å². The molecule has 1 aromatic rings. The molecule has 2 fully saturated rings. The molecule has 19 heavy (non-hydrogen) atoms. The first-order valence-corrected chi connectivity index (χ1v) is 6.77. The number of anilines is 2. The van der Waals surface area contributed by atoms with Crippen molar-refractivity contribution in [3.8, 4) is 0 Å². The van der Waals surface area contributed by atoms with Gasteiger partial charge in [0.05, 0.1) is 18.8 Å². The highest BCUT2D eigenvalue weighted by molar-refractivity contribution is 6.00. The summed E-state index contributed by atoms with van der Waals surface area (Å²) in [7, 11) is 0. The van der Waals surface area contributed by atoms with Gasteiger partial charge < -0.3 is 20.7 Å². The van der Waals surface area contributed by atoms with Crippen LogP contribution in [0.25, 0.3) is 0 Å². The van der Waals surface area contributed by atoms with Crippen LogP contribution in [0.2, 0.25) is 0 Å². The predicted molar refractivity (Wildman–Crippen MR) is 74.4 cm³/mol. The van der Waals surface area contributed by atoms with E-state index in [0.717, 1.165) is 44.8 Å². The summed E-state index contributed by atoms with van der Waals surface area (Å²) in [6.07, 6.45) is 2.16. The molecule has 1 amide bonds. The summed E-state index contributed by atoms with van der Waals surface area (Å²) < 4.78 is 5.34. The second-order valence-corrected chi connectivity index (χ2v) is 5.12. The molecule has 102 valence electrons. The lowest BCUT2D eigenvalue weighted by atomic mass is 10.1. The van der Waals surface area contributed by atoms with Gasteiger partial charge in [0, 0.05) is 30.5 Å². The van der Waals surface area contributed by atoms with E-state index in [-0.39, 0.29) is 5.91 Å². The molecule has 5 heteroatoms. The maximum Gasteiger partial charge on any atom is 0.253 e. The molecule has 0 spiro atoms. The number of ether oxygens (including phenoxy) is 1. The van der Waals surface area contributed by atoms with Crippen molar-refractivity contribution in [2.75, 3.05) is 36.9 Å². The molecule has 1 heterocycles. The van der Waals surface area contributed by atoms with Crippen LogP contribution in [0.1, 0.15) is 23.2 Å². The summed E-state index contributed by atoms with van der Waals surface area (Å²) in [5.74, 6) is -0.0601. The fourth-order valence-corrected chi connectivity index (χ4v) is 2.25. The first kappa shape index (κ1) is 12.3. The summed E-state index contributed by atoms with van der Waals surface area (Å²) in [6, 6.07) is 6.01. The Bertz CT molecular complexity index is 480. The van der Waals surface area contributed by atoms with Crippen LogP contribution in [0, 0.1) is 0 Å². The van der Waals surface area contributed by atoms with Gasteiger partial charge in [0.25, 0.3) is 5.91 Å². The molecule has 1 aliphatic heterocycles. The summed E-state index contributed by atoms with van der Waals surface area (Å²) in [5, 5.41) is 2.98. The van der Waals surface area contributed by atoms with Crippen molar-refractivity contribution in [3.63, 3.8) is 0 Å². The van der Waals surface area contributed by atoms with Crippen LogP contribution in [0.15, 0.2) is 18.2 Å². The average molecular weight is 261 g/mol. The number of nitrogens with two attached hydrogens (primary N) is 1. The zero-order chi connectivity index (χ0) is 13.2. The number of hydrogen-bond acceptors (Lipinski definition) is 4. The van der Waals surface area contributed by atoms with E-state index in [1.165, 1.54) is 0 Å². The molecule has 1 aromatic carbocycles. The minimum Gasteiger partial charge on any atom is -0.398 e. The average Bonchev–Trinajstić information content (AvgIpc) is 3.24. The maximum absolute atomic E-state index is 12.1. The smallest absolute Gasteiger partial charge is 0.253 e. The van der Waals surface area contributed by atoms with E-state index in [4.69, 9.17) is 10.5 Å². The third-order valence-electron chi connectivity index (χ3n) is 3.57. The number of hydrogen-bond donors (Lipinski definition) is 2. The van der Waals surface area contributed by atoms with Crippen molar-refractivity contribution in [2.24, 2.45) is 0 Å². The van der Waals surface area contributed by atoms with Gasteiger partial charge in [-0.1, -0.05) is 0 Å².